The van der Waals surface area contributed by atoms with Crippen molar-refractivity contribution in [1.29, 1.82) is 0 Å². The number of aromatic nitrogens is 1. The topological polar surface area (TPSA) is 48.1 Å². The van der Waals surface area contributed by atoms with Crippen LogP contribution in [-0.4, -0.2) is 12.1 Å². The van der Waals surface area contributed by atoms with Gasteiger partial charge in [0.05, 0.1) is 13.2 Å². The third-order valence-electron chi connectivity index (χ3n) is 3.58. The second-order valence-corrected chi connectivity index (χ2v) is 5.24. The van der Waals surface area contributed by atoms with Crippen LogP contribution in [0.25, 0.3) is 10.8 Å². The van der Waals surface area contributed by atoms with Crippen LogP contribution in [0.3, 0.4) is 0 Å². The molecule has 0 saturated heterocycles. The van der Waals surface area contributed by atoms with Crippen molar-refractivity contribution in [2.75, 3.05) is 7.11 Å². The molecule has 0 spiro atoms. The highest BCUT2D eigenvalue weighted by Gasteiger charge is 2.16. The summed E-state index contributed by atoms with van der Waals surface area (Å²) >= 11 is 6.01. The lowest BCUT2D eigenvalue weighted by molar-refractivity contribution is 0.408. The minimum atomic E-state index is -0.301. The molecule has 0 aliphatic carbocycles. The molecule has 0 fully saturated rings. The Bertz CT molecular complexity index is 783. The van der Waals surface area contributed by atoms with Crippen molar-refractivity contribution in [3.8, 4) is 5.75 Å². The number of nitrogens with zero attached hydrogens (tertiary/aromatic N) is 1. The molecule has 0 aliphatic heterocycles. The highest BCUT2D eigenvalue weighted by atomic mass is 35.5. The molecule has 21 heavy (non-hydrogen) atoms. The molecule has 2 N–H and O–H groups in total. The van der Waals surface area contributed by atoms with Crippen LogP contribution in [0.2, 0.25) is 5.02 Å². The molecule has 2 aromatic carbocycles. The number of benzene rings is 2. The van der Waals surface area contributed by atoms with Gasteiger partial charge < -0.3 is 10.5 Å². The van der Waals surface area contributed by atoms with E-state index >= 15 is 0 Å². The Morgan fingerprint density at radius 1 is 1.14 bits per heavy atom. The predicted octanol–water partition coefficient (Wildman–Crippen LogP) is 3.94. The number of hydrogen-bond donors (Lipinski definition) is 1. The van der Waals surface area contributed by atoms with Gasteiger partial charge in [0.1, 0.15) is 5.75 Å². The Hall–Kier alpha value is -2.10. The highest BCUT2D eigenvalue weighted by Crippen LogP contribution is 2.33. The fraction of sp³-hybridized carbons (Fsp3) is 0.118. The van der Waals surface area contributed by atoms with Gasteiger partial charge in [-0.2, -0.15) is 0 Å². The van der Waals surface area contributed by atoms with Gasteiger partial charge in [-0.1, -0.05) is 35.9 Å². The number of nitrogens with two attached hydrogens (primary N) is 1. The molecule has 0 bridgehead atoms. The second kappa shape index (κ2) is 5.72. The van der Waals surface area contributed by atoms with Gasteiger partial charge in [0, 0.05) is 28.4 Å². The Labute approximate surface area is 128 Å². The molecule has 0 radical (unpaired) electrons. The summed E-state index contributed by atoms with van der Waals surface area (Å²) in [7, 11) is 1.62. The number of pyridine rings is 1. The van der Waals surface area contributed by atoms with Gasteiger partial charge in [-0.25, -0.2) is 0 Å². The smallest absolute Gasteiger partial charge is 0.125 e. The molecule has 3 rings (SSSR count). The summed E-state index contributed by atoms with van der Waals surface area (Å²) in [5, 5.41) is 2.79. The minimum absolute atomic E-state index is 0.301. The SMILES string of the molecule is COc1cc(Cl)ccc1C(N)c1cccc2ccncc12. The molecule has 106 valence electrons. The van der Waals surface area contributed by atoms with E-state index in [-0.39, 0.29) is 6.04 Å². The van der Waals surface area contributed by atoms with Gasteiger partial charge in [-0.05, 0) is 29.1 Å². The monoisotopic (exact) mass is 298 g/mol. The molecule has 1 heterocycles. The number of fused-ring (bicyclic) bond motifs is 1. The lowest BCUT2D eigenvalue weighted by Crippen LogP contribution is -2.13. The van der Waals surface area contributed by atoms with E-state index in [1.807, 2.05) is 42.6 Å². The van der Waals surface area contributed by atoms with E-state index in [1.165, 1.54) is 0 Å². The molecule has 0 amide bonds. The molecule has 1 atom stereocenters. The lowest BCUT2D eigenvalue weighted by atomic mass is 9.95. The van der Waals surface area contributed by atoms with Crippen molar-refractivity contribution in [3.63, 3.8) is 0 Å². The number of ether oxygens (including phenoxy) is 1. The van der Waals surface area contributed by atoms with Crippen LogP contribution >= 0.6 is 11.6 Å². The number of halogens is 1. The number of hydrogen-bond acceptors (Lipinski definition) is 3. The first-order chi connectivity index (χ1) is 10.2. The summed E-state index contributed by atoms with van der Waals surface area (Å²) in [6.45, 7) is 0. The quantitative estimate of drug-likeness (QED) is 0.796. The van der Waals surface area contributed by atoms with Crippen molar-refractivity contribution in [2.24, 2.45) is 5.73 Å². The molecule has 1 aromatic heterocycles. The molecular formula is C17H15ClN2O. The maximum absolute atomic E-state index is 6.46. The predicted molar refractivity (Wildman–Crippen MR) is 85.8 cm³/mol. The van der Waals surface area contributed by atoms with Crippen LogP contribution < -0.4 is 10.5 Å². The van der Waals surface area contributed by atoms with E-state index in [0.29, 0.717) is 10.8 Å². The van der Waals surface area contributed by atoms with Gasteiger partial charge in [0.2, 0.25) is 0 Å². The van der Waals surface area contributed by atoms with E-state index < -0.39 is 0 Å². The Balaban J connectivity index is 2.15. The average Bonchev–Trinajstić information content (AvgIpc) is 2.53. The third-order valence-corrected chi connectivity index (χ3v) is 3.82. The van der Waals surface area contributed by atoms with Crippen LogP contribution in [0.5, 0.6) is 5.75 Å². The van der Waals surface area contributed by atoms with Crippen LogP contribution in [0.15, 0.2) is 54.9 Å². The van der Waals surface area contributed by atoms with Gasteiger partial charge in [0.15, 0.2) is 0 Å². The Kier molecular flexibility index (Phi) is 3.78. The molecule has 3 aromatic rings. The zero-order chi connectivity index (χ0) is 14.8. The molecule has 3 nitrogen and oxygen atoms in total. The van der Waals surface area contributed by atoms with Crippen molar-refractivity contribution < 1.29 is 4.74 Å². The van der Waals surface area contributed by atoms with Gasteiger partial charge in [-0.15, -0.1) is 0 Å². The molecule has 0 saturated carbocycles. The van der Waals surface area contributed by atoms with Gasteiger partial charge in [0.25, 0.3) is 0 Å². The fourth-order valence-electron chi connectivity index (χ4n) is 2.52. The standard InChI is InChI=1S/C17H15ClN2O/c1-21-16-9-12(18)5-6-14(16)17(19)13-4-2-3-11-7-8-20-10-15(11)13/h2-10,17H,19H2,1H3. The lowest BCUT2D eigenvalue weighted by Gasteiger charge is -2.18. The zero-order valence-electron chi connectivity index (χ0n) is 11.6. The van der Waals surface area contributed by atoms with E-state index in [2.05, 4.69) is 4.98 Å². The van der Waals surface area contributed by atoms with E-state index in [1.54, 1.807) is 19.4 Å². The number of methoxy groups -OCH3 is 1. The maximum Gasteiger partial charge on any atom is 0.125 e. The number of rotatable bonds is 3. The van der Waals surface area contributed by atoms with E-state index in [9.17, 15) is 0 Å². The first-order valence-corrected chi connectivity index (χ1v) is 7.00. The first-order valence-electron chi connectivity index (χ1n) is 6.62. The first kappa shape index (κ1) is 13.9. The maximum atomic E-state index is 6.46. The van der Waals surface area contributed by atoms with Crippen molar-refractivity contribution in [2.45, 2.75) is 6.04 Å². The molecule has 1 unspecified atom stereocenters. The van der Waals surface area contributed by atoms with Gasteiger partial charge in [-0.3, -0.25) is 4.98 Å². The van der Waals surface area contributed by atoms with Crippen molar-refractivity contribution in [1.82, 2.24) is 4.98 Å². The zero-order valence-corrected chi connectivity index (χ0v) is 12.3. The molecular weight excluding hydrogens is 284 g/mol. The molecule has 0 aliphatic rings. The van der Waals surface area contributed by atoms with Crippen LogP contribution in [0.4, 0.5) is 0 Å². The Morgan fingerprint density at radius 2 is 2.00 bits per heavy atom. The normalized spacial score (nSPS) is 12.3. The van der Waals surface area contributed by atoms with Crippen LogP contribution in [0, 0.1) is 0 Å². The summed E-state index contributed by atoms with van der Waals surface area (Å²) < 4.78 is 5.40. The summed E-state index contributed by atoms with van der Waals surface area (Å²) in [5.74, 6) is 0.691. The van der Waals surface area contributed by atoms with Crippen LogP contribution in [0.1, 0.15) is 17.2 Å². The summed E-state index contributed by atoms with van der Waals surface area (Å²) in [6.07, 6.45) is 3.62. The largest absolute Gasteiger partial charge is 0.496 e. The van der Waals surface area contributed by atoms with Crippen molar-refractivity contribution >= 4 is 22.4 Å². The minimum Gasteiger partial charge on any atom is -0.496 e. The van der Waals surface area contributed by atoms with Gasteiger partial charge >= 0.3 is 0 Å². The summed E-state index contributed by atoms with van der Waals surface area (Å²) in [4.78, 5) is 4.20. The van der Waals surface area contributed by atoms with E-state index in [4.69, 9.17) is 22.1 Å². The average molecular weight is 299 g/mol. The highest BCUT2D eigenvalue weighted by molar-refractivity contribution is 6.30. The molecule has 4 heteroatoms. The second-order valence-electron chi connectivity index (χ2n) is 4.81. The Morgan fingerprint density at radius 3 is 2.81 bits per heavy atom. The summed E-state index contributed by atoms with van der Waals surface area (Å²) in [5.41, 5.74) is 8.37. The summed E-state index contributed by atoms with van der Waals surface area (Å²) in [6, 6.07) is 13.2. The van der Waals surface area contributed by atoms with Crippen LogP contribution in [-0.2, 0) is 0 Å². The van der Waals surface area contributed by atoms with Crippen molar-refractivity contribution in [3.05, 3.63) is 71.0 Å². The fourth-order valence-corrected chi connectivity index (χ4v) is 2.68. The van der Waals surface area contributed by atoms with E-state index in [0.717, 1.165) is 21.9 Å². The third kappa shape index (κ3) is 2.58.